The molecule has 0 bridgehead atoms. The molecule has 1 aliphatic rings. The Morgan fingerprint density at radius 3 is 2.93 bits per heavy atom. The number of rotatable bonds is 2. The largest absolute Gasteiger partial charge is 0.464 e. The van der Waals surface area contributed by atoms with Crippen molar-refractivity contribution in [1.29, 1.82) is 0 Å². The summed E-state index contributed by atoms with van der Waals surface area (Å²) < 4.78 is 26.3. The Morgan fingerprint density at radius 2 is 2.21 bits per heavy atom. The summed E-state index contributed by atoms with van der Waals surface area (Å²) in [6.45, 7) is 2.72. The molecule has 1 aromatic heterocycles. The molecule has 1 aromatic carbocycles. The first-order valence-electron chi connectivity index (χ1n) is 9.83. The first kappa shape index (κ1) is 16.9. The van der Waals surface area contributed by atoms with E-state index in [1.807, 2.05) is 0 Å². The molecule has 7 nitrogen and oxygen atoms in total. The molecule has 0 aliphatic carbocycles. The van der Waals surface area contributed by atoms with Crippen LogP contribution in [-0.4, -0.2) is 30.0 Å². The summed E-state index contributed by atoms with van der Waals surface area (Å²) in [6.07, 6.45) is 1.22. The van der Waals surface area contributed by atoms with Crippen molar-refractivity contribution in [2.24, 2.45) is 0 Å². The summed E-state index contributed by atoms with van der Waals surface area (Å²) in [6, 6.07) is 5.01. The van der Waals surface area contributed by atoms with Crippen LogP contribution in [0.3, 0.4) is 0 Å². The Labute approximate surface area is 165 Å². The third kappa shape index (κ3) is 4.71. The number of amides is 3. The van der Waals surface area contributed by atoms with E-state index in [0.717, 1.165) is 0 Å². The van der Waals surface area contributed by atoms with Gasteiger partial charge in [-0.15, -0.1) is 0 Å². The highest BCUT2D eigenvalue weighted by atomic mass is 16.6. The SMILES string of the molecule is [2H]C([2H])(C#Cc1ccc2occ(C3CCC(=O)NC3=O)c2c1)NC(=O)OC(C)(C)C. The van der Waals surface area contributed by atoms with Crippen molar-refractivity contribution in [3.63, 3.8) is 0 Å². The third-order valence-electron chi connectivity index (χ3n) is 4.05. The van der Waals surface area contributed by atoms with Gasteiger partial charge in [0, 0.05) is 22.9 Å². The highest BCUT2D eigenvalue weighted by Gasteiger charge is 2.30. The molecule has 28 heavy (non-hydrogen) atoms. The summed E-state index contributed by atoms with van der Waals surface area (Å²) >= 11 is 0. The second kappa shape index (κ2) is 7.77. The van der Waals surface area contributed by atoms with Crippen LogP contribution >= 0.6 is 0 Å². The minimum absolute atomic E-state index is 0.249. The van der Waals surface area contributed by atoms with Gasteiger partial charge in [-0.1, -0.05) is 11.8 Å². The van der Waals surface area contributed by atoms with Gasteiger partial charge in [0.25, 0.3) is 0 Å². The maximum atomic E-state index is 12.2. The number of benzene rings is 1. The second-order valence-corrected chi connectivity index (χ2v) is 7.41. The molecule has 2 heterocycles. The number of imide groups is 1. The average Bonchev–Trinajstić information content (AvgIpc) is 3.01. The van der Waals surface area contributed by atoms with Gasteiger partial charge in [0.05, 0.1) is 21.4 Å². The van der Waals surface area contributed by atoms with Crippen molar-refractivity contribution >= 4 is 28.9 Å². The van der Waals surface area contributed by atoms with Crippen LogP contribution in [0.25, 0.3) is 11.0 Å². The molecular weight excluding hydrogens is 360 g/mol. The van der Waals surface area contributed by atoms with E-state index in [2.05, 4.69) is 22.5 Å². The molecule has 7 heteroatoms. The summed E-state index contributed by atoms with van der Waals surface area (Å²) in [5.74, 6) is 3.90. The van der Waals surface area contributed by atoms with Gasteiger partial charge in [0.2, 0.25) is 11.8 Å². The van der Waals surface area contributed by atoms with E-state index in [9.17, 15) is 14.4 Å². The normalized spacial score (nSPS) is 18.5. The lowest BCUT2D eigenvalue weighted by Gasteiger charge is -2.19. The molecular formula is C21H22N2O5. The van der Waals surface area contributed by atoms with E-state index in [0.29, 0.717) is 28.5 Å². The van der Waals surface area contributed by atoms with Crippen LogP contribution in [0.4, 0.5) is 4.79 Å². The summed E-state index contributed by atoms with van der Waals surface area (Å²) in [5.41, 5.74) is 0.919. The number of carbonyl (C=O) groups is 3. The van der Waals surface area contributed by atoms with Crippen molar-refractivity contribution in [2.75, 3.05) is 6.50 Å². The number of carbonyl (C=O) groups excluding carboxylic acids is 3. The molecule has 2 N–H and O–H groups in total. The first-order chi connectivity index (χ1) is 13.9. The molecule has 0 saturated carbocycles. The minimum atomic E-state index is -2.31. The average molecular weight is 384 g/mol. The number of nitrogens with one attached hydrogen (secondary N) is 2. The van der Waals surface area contributed by atoms with Crippen LogP contribution in [0.5, 0.6) is 0 Å². The highest BCUT2D eigenvalue weighted by Crippen LogP contribution is 2.32. The summed E-state index contributed by atoms with van der Waals surface area (Å²) in [4.78, 5) is 35.4. The Hall–Kier alpha value is -3.27. The van der Waals surface area contributed by atoms with E-state index >= 15 is 0 Å². The Morgan fingerprint density at radius 1 is 1.43 bits per heavy atom. The van der Waals surface area contributed by atoms with Crippen LogP contribution in [0, 0.1) is 11.8 Å². The molecule has 1 unspecified atom stereocenters. The zero-order chi connectivity index (χ0) is 22.1. The predicted octanol–water partition coefficient (Wildman–Crippen LogP) is 2.83. The van der Waals surface area contributed by atoms with Gasteiger partial charge >= 0.3 is 6.09 Å². The number of hydrogen-bond acceptors (Lipinski definition) is 5. The quantitative estimate of drug-likeness (QED) is 0.613. The number of alkyl carbamates (subject to hydrolysis) is 1. The van der Waals surface area contributed by atoms with E-state index in [1.165, 1.54) is 6.26 Å². The lowest BCUT2D eigenvalue weighted by atomic mass is 9.90. The Kier molecular flexibility index (Phi) is 4.68. The van der Waals surface area contributed by atoms with Gasteiger partial charge in [-0.3, -0.25) is 14.9 Å². The van der Waals surface area contributed by atoms with Crippen molar-refractivity contribution in [1.82, 2.24) is 10.6 Å². The predicted molar refractivity (Wildman–Crippen MR) is 102 cm³/mol. The van der Waals surface area contributed by atoms with E-state index < -0.39 is 24.1 Å². The van der Waals surface area contributed by atoms with Crippen LogP contribution in [-0.2, 0) is 14.3 Å². The maximum Gasteiger partial charge on any atom is 0.408 e. The van der Waals surface area contributed by atoms with Crippen LogP contribution < -0.4 is 10.6 Å². The second-order valence-electron chi connectivity index (χ2n) is 7.41. The van der Waals surface area contributed by atoms with Gasteiger partial charge < -0.3 is 14.5 Å². The zero-order valence-corrected chi connectivity index (χ0v) is 15.8. The number of furan rings is 1. The van der Waals surface area contributed by atoms with Gasteiger partial charge in [-0.2, -0.15) is 0 Å². The third-order valence-corrected chi connectivity index (χ3v) is 4.05. The van der Waals surface area contributed by atoms with E-state index in [1.54, 1.807) is 39.0 Å². The molecule has 0 radical (unpaired) electrons. The molecule has 146 valence electrons. The Balaban J connectivity index is 1.82. The molecule has 3 rings (SSSR count). The fraction of sp³-hybridized carbons (Fsp3) is 0.381. The maximum absolute atomic E-state index is 12.2. The minimum Gasteiger partial charge on any atom is -0.464 e. The number of ether oxygens (including phenoxy) is 1. The molecule has 1 atom stereocenters. The van der Waals surface area contributed by atoms with Gasteiger partial charge in [0.1, 0.15) is 11.2 Å². The molecule has 1 aliphatic heterocycles. The van der Waals surface area contributed by atoms with Crippen LogP contribution in [0.1, 0.15) is 53.4 Å². The highest BCUT2D eigenvalue weighted by molar-refractivity contribution is 6.02. The number of fused-ring (bicyclic) bond motifs is 1. The van der Waals surface area contributed by atoms with E-state index in [4.69, 9.17) is 11.9 Å². The summed E-state index contributed by atoms with van der Waals surface area (Å²) in [5, 5.41) is 5.07. The standard InChI is InChI=1S/C21H22N2O5/c1-21(2,3)28-20(26)22-10-4-5-13-6-8-17-15(11-13)16(12-27-17)14-7-9-18(24)23-19(14)25/h6,8,11-12,14H,7,9-10H2,1-3H3,(H,22,26)(H,23,24,25)/i10D2. The topological polar surface area (TPSA) is 97.6 Å². The number of hydrogen-bond donors (Lipinski definition) is 2. The zero-order valence-electron chi connectivity index (χ0n) is 17.8. The molecule has 1 fully saturated rings. The lowest BCUT2D eigenvalue weighted by Crippen LogP contribution is -2.39. The van der Waals surface area contributed by atoms with E-state index in [-0.39, 0.29) is 18.2 Å². The van der Waals surface area contributed by atoms with Gasteiger partial charge in [-0.05, 0) is 45.4 Å². The van der Waals surface area contributed by atoms with Crippen LogP contribution in [0.2, 0.25) is 0 Å². The fourth-order valence-electron chi connectivity index (χ4n) is 2.88. The van der Waals surface area contributed by atoms with Crippen molar-refractivity contribution in [3.8, 4) is 11.8 Å². The van der Waals surface area contributed by atoms with Gasteiger partial charge in [0.15, 0.2) is 0 Å². The van der Waals surface area contributed by atoms with Crippen molar-refractivity contribution < 1.29 is 26.3 Å². The van der Waals surface area contributed by atoms with Crippen molar-refractivity contribution in [2.45, 2.75) is 45.1 Å². The first-order valence-corrected chi connectivity index (χ1v) is 8.83. The molecule has 0 spiro atoms. The Bertz CT molecular complexity index is 1070. The van der Waals surface area contributed by atoms with Gasteiger partial charge in [-0.25, -0.2) is 4.79 Å². The monoisotopic (exact) mass is 384 g/mol. The van der Waals surface area contributed by atoms with Crippen molar-refractivity contribution in [3.05, 3.63) is 35.6 Å². The fourth-order valence-corrected chi connectivity index (χ4v) is 2.88. The van der Waals surface area contributed by atoms with Crippen LogP contribution in [0.15, 0.2) is 28.9 Å². The molecule has 1 saturated heterocycles. The molecule has 3 amide bonds. The smallest absolute Gasteiger partial charge is 0.408 e. The number of piperidine rings is 1. The lowest BCUT2D eigenvalue weighted by molar-refractivity contribution is -0.134. The molecule has 2 aromatic rings. The summed E-state index contributed by atoms with van der Waals surface area (Å²) in [7, 11) is 0.